The molecule has 29 heavy (non-hydrogen) atoms. The number of nitrogens with zero attached hydrogens (tertiary/aromatic N) is 3. The van der Waals surface area contributed by atoms with Crippen LogP contribution in [0.5, 0.6) is 0 Å². The van der Waals surface area contributed by atoms with Crippen molar-refractivity contribution in [3.63, 3.8) is 0 Å². The van der Waals surface area contributed by atoms with E-state index >= 15 is 0 Å². The molecule has 3 N–H and O–H groups in total. The molecule has 8 nitrogen and oxygen atoms in total. The van der Waals surface area contributed by atoms with E-state index < -0.39 is 18.1 Å². The van der Waals surface area contributed by atoms with Crippen molar-refractivity contribution >= 4 is 23.3 Å². The Labute approximate surface area is 162 Å². The van der Waals surface area contributed by atoms with Gasteiger partial charge < -0.3 is 15.0 Å². The van der Waals surface area contributed by atoms with Gasteiger partial charge in [0.15, 0.2) is 5.82 Å². The largest absolute Gasteiger partial charge is 0.408 e. The van der Waals surface area contributed by atoms with E-state index in [-0.39, 0.29) is 17.5 Å². The smallest absolute Gasteiger partial charge is 0.339 e. The second kappa shape index (κ2) is 6.90. The Kier molecular flexibility index (Phi) is 4.52. The molecular formula is C18H17F3N6O2. The first kappa shape index (κ1) is 19.0. The van der Waals surface area contributed by atoms with Crippen LogP contribution in [0.15, 0.2) is 30.6 Å². The van der Waals surface area contributed by atoms with Crippen molar-refractivity contribution in [1.29, 1.82) is 0 Å². The Morgan fingerprint density at radius 3 is 2.72 bits per heavy atom. The monoisotopic (exact) mass is 406 g/mol. The molecule has 0 bridgehead atoms. The topological polar surface area (TPSA) is 104 Å². The van der Waals surface area contributed by atoms with Gasteiger partial charge in [-0.05, 0) is 38.0 Å². The standard InChI is InChI=1S/C18H17F3N6O2/c1-9(18(19,20)21)22-17(29)13-6-12(25-26-13)11-4-5-15-23-14(8-27(15)7-11)24-16(28)10-2-3-10/h4-10H,2-3H2,1H3,(H,22,29)(H,24,28)(H,25,26). The van der Waals surface area contributed by atoms with Gasteiger partial charge in [-0.3, -0.25) is 14.7 Å². The summed E-state index contributed by atoms with van der Waals surface area (Å²) >= 11 is 0. The zero-order chi connectivity index (χ0) is 20.8. The summed E-state index contributed by atoms with van der Waals surface area (Å²) < 4.78 is 39.5. The van der Waals surface area contributed by atoms with Gasteiger partial charge in [0.25, 0.3) is 5.91 Å². The van der Waals surface area contributed by atoms with E-state index in [1.165, 1.54) is 6.07 Å². The third kappa shape index (κ3) is 4.08. The number of nitrogens with one attached hydrogen (secondary N) is 3. The molecule has 3 heterocycles. The summed E-state index contributed by atoms with van der Waals surface area (Å²) in [5.74, 6) is -0.460. The van der Waals surface area contributed by atoms with Gasteiger partial charge >= 0.3 is 6.18 Å². The number of halogens is 3. The summed E-state index contributed by atoms with van der Waals surface area (Å²) in [6.07, 6.45) is 0.605. The molecule has 0 saturated heterocycles. The lowest BCUT2D eigenvalue weighted by atomic mass is 10.2. The van der Waals surface area contributed by atoms with E-state index in [4.69, 9.17) is 0 Å². The second-order valence-corrected chi connectivity index (χ2v) is 6.98. The maximum Gasteiger partial charge on any atom is 0.408 e. The number of carbonyl (C=O) groups excluding carboxylic acids is 2. The van der Waals surface area contributed by atoms with Gasteiger partial charge in [0.05, 0.1) is 11.9 Å². The van der Waals surface area contributed by atoms with Crippen LogP contribution in [-0.2, 0) is 4.79 Å². The highest BCUT2D eigenvalue weighted by molar-refractivity contribution is 5.94. The average Bonchev–Trinajstić information content (AvgIpc) is 3.25. The number of H-pyrrole nitrogens is 1. The van der Waals surface area contributed by atoms with Crippen LogP contribution in [0.4, 0.5) is 19.0 Å². The van der Waals surface area contributed by atoms with Crippen LogP contribution in [0.2, 0.25) is 0 Å². The van der Waals surface area contributed by atoms with E-state index in [1.807, 2.05) is 5.32 Å². The fraction of sp³-hybridized carbons (Fsp3) is 0.333. The van der Waals surface area contributed by atoms with Crippen molar-refractivity contribution < 1.29 is 22.8 Å². The van der Waals surface area contributed by atoms with Gasteiger partial charge in [0, 0.05) is 17.7 Å². The molecule has 152 valence electrons. The van der Waals surface area contributed by atoms with Crippen LogP contribution < -0.4 is 10.6 Å². The Balaban J connectivity index is 1.51. The first-order chi connectivity index (χ1) is 13.7. The SMILES string of the molecule is CC(NC(=O)c1cc(-c2ccc3nc(NC(=O)C4CC4)cn3c2)n[nH]1)C(F)(F)F. The number of aromatic amines is 1. The predicted molar refractivity (Wildman–Crippen MR) is 97.1 cm³/mol. The lowest BCUT2D eigenvalue weighted by Crippen LogP contribution is -2.43. The van der Waals surface area contributed by atoms with E-state index in [1.54, 1.807) is 28.9 Å². The molecule has 1 atom stereocenters. The molecule has 4 rings (SSSR count). The lowest BCUT2D eigenvalue weighted by molar-refractivity contribution is -0.149. The van der Waals surface area contributed by atoms with E-state index in [2.05, 4.69) is 20.5 Å². The minimum absolute atomic E-state index is 0.0512. The van der Waals surface area contributed by atoms with Gasteiger partial charge in [-0.25, -0.2) is 4.98 Å². The van der Waals surface area contributed by atoms with E-state index in [0.29, 0.717) is 22.7 Å². The summed E-state index contributed by atoms with van der Waals surface area (Å²) in [7, 11) is 0. The van der Waals surface area contributed by atoms with E-state index in [0.717, 1.165) is 19.8 Å². The molecule has 0 aliphatic heterocycles. The third-order valence-corrected chi connectivity index (χ3v) is 4.61. The number of alkyl halides is 3. The summed E-state index contributed by atoms with van der Waals surface area (Å²) in [6.45, 7) is 0.863. The minimum Gasteiger partial charge on any atom is -0.339 e. The number of anilines is 1. The molecule has 1 fully saturated rings. The van der Waals surface area contributed by atoms with Gasteiger partial charge in [-0.15, -0.1) is 0 Å². The van der Waals surface area contributed by atoms with Crippen molar-refractivity contribution in [2.24, 2.45) is 5.92 Å². The first-order valence-corrected chi connectivity index (χ1v) is 8.93. The summed E-state index contributed by atoms with van der Waals surface area (Å²) in [4.78, 5) is 28.2. The number of imidazole rings is 1. The molecule has 0 radical (unpaired) electrons. The van der Waals surface area contributed by atoms with Gasteiger partial charge in [0.2, 0.25) is 5.91 Å². The van der Waals surface area contributed by atoms with Gasteiger partial charge in [-0.1, -0.05) is 0 Å². The normalized spacial score (nSPS) is 15.3. The number of hydrogen-bond acceptors (Lipinski definition) is 4. The van der Waals surface area contributed by atoms with Crippen molar-refractivity contribution in [2.75, 3.05) is 5.32 Å². The van der Waals surface area contributed by atoms with Crippen LogP contribution >= 0.6 is 0 Å². The average molecular weight is 406 g/mol. The molecule has 1 unspecified atom stereocenters. The Morgan fingerprint density at radius 1 is 1.28 bits per heavy atom. The molecule has 11 heteroatoms. The Hall–Kier alpha value is -3.37. The molecule has 1 aliphatic carbocycles. The number of carbonyl (C=O) groups is 2. The van der Waals surface area contributed by atoms with E-state index in [9.17, 15) is 22.8 Å². The van der Waals surface area contributed by atoms with Crippen molar-refractivity contribution in [1.82, 2.24) is 24.9 Å². The zero-order valence-electron chi connectivity index (χ0n) is 15.2. The number of hydrogen-bond donors (Lipinski definition) is 3. The highest BCUT2D eigenvalue weighted by Gasteiger charge is 2.37. The molecule has 1 aliphatic rings. The maximum absolute atomic E-state index is 12.6. The molecule has 1 saturated carbocycles. The highest BCUT2D eigenvalue weighted by atomic mass is 19.4. The number of amides is 2. The predicted octanol–water partition coefficient (Wildman–Crippen LogP) is 2.75. The number of rotatable bonds is 5. The van der Waals surface area contributed by atoms with Gasteiger partial charge in [-0.2, -0.15) is 18.3 Å². The minimum atomic E-state index is -4.53. The highest BCUT2D eigenvalue weighted by Crippen LogP contribution is 2.30. The molecule has 3 aromatic heterocycles. The zero-order valence-corrected chi connectivity index (χ0v) is 15.2. The summed E-state index contributed by atoms with van der Waals surface area (Å²) in [5, 5.41) is 11.1. The number of aromatic nitrogens is 4. The summed E-state index contributed by atoms with van der Waals surface area (Å²) in [6, 6.07) is 2.81. The quantitative estimate of drug-likeness (QED) is 0.606. The van der Waals surface area contributed by atoms with Crippen LogP contribution in [0.1, 0.15) is 30.3 Å². The summed E-state index contributed by atoms with van der Waals surface area (Å²) in [5.41, 5.74) is 1.52. The van der Waals surface area contributed by atoms with Crippen LogP contribution in [0, 0.1) is 5.92 Å². The Bertz CT molecular complexity index is 1080. The molecular weight excluding hydrogens is 389 g/mol. The molecule has 0 aromatic carbocycles. The molecule has 2 amide bonds. The second-order valence-electron chi connectivity index (χ2n) is 6.98. The third-order valence-electron chi connectivity index (χ3n) is 4.61. The van der Waals surface area contributed by atoms with Crippen LogP contribution in [-0.4, -0.2) is 43.6 Å². The van der Waals surface area contributed by atoms with Gasteiger partial charge in [0.1, 0.15) is 17.4 Å². The molecule has 0 spiro atoms. The fourth-order valence-corrected chi connectivity index (χ4v) is 2.72. The van der Waals surface area contributed by atoms with Crippen LogP contribution in [0.25, 0.3) is 16.9 Å². The maximum atomic E-state index is 12.6. The fourth-order valence-electron chi connectivity index (χ4n) is 2.72. The van der Waals surface area contributed by atoms with Crippen molar-refractivity contribution in [3.05, 3.63) is 36.3 Å². The van der Waals surface area contributed by atoms with Crippen LogP contribution in [0.3, 0.4) is 0 Å². The Morgan fingerprint density at radius 2 is 2.03 bits per heavy atom. The number of pyridine rings is 1. The molecule has 3 aromatic rings. The van der Waals surface area contributed by atoms with Crippen molar-refractivity contribution in [3.8, 4) is 11.3 Å². The number of fused-ring (bicyclic) bond motifs is 1. The van der Waals surface area contributed by atoms with Crippen molar-refractivity contribution in [2.45, 2.75) is 32.0 Å². The first-order valence-electron chi connectivity index (χ1n) is 8.93. The lowest BCUT2D eigenvalue weighted by Gasteiger charge is -2.16.